The van der Waals surface area contributed by atoms with Crippen molar-refractivity contribution in [3.63, 3.8) is 0 Å². The van der Waals surface area contributed by atoms with Gasteiger partial charge in [0, 0.05) is 44.5 Å². The number of hydrogen-bond acceptors (Lipinski definition) is 3. The van der Waals surface area contributed by atoms with Crippen LogP contribution in [0.25, 0.3) is 0 Å². The number of benzene rings is 2. The SMILES string of the molecule is CCC(C(=O)NC1CCCC1)N(Cc1c(Cl)cccc1Cl)C(=O)CCCSc1ccc(Cl)cc1. The number of hydrogen-bond donors (Lipinski definition) is 1. The standard InChI is InChI=1S/C26H31Cl3N2O2S/c1-2-24(26(33)30-19-7-3-4-8-19)31(17-21-22(28)9-5-10-23(21)29)25(32)11-6-16-34-20-14-12-18(27)13-15-20/h5,9-10,12-15,19,24H,2-4,6-8,11,16-17H2,1H3,(H,30,33). The molecular formula is C26H31Cl3N2O2S. The molecule has 8 heteroatoms. The first kappa shape index (κ1) is 27.2. The molecule has 1 fully saturated rings. The van der Waals surface area contributed by atoms with Gasteiger partial charge in [0.25, 0.3) is 0 Å². The van der Waals surface area contributed by atoms with Crippen molar-refractivity contribution in [2.45, 2.75) is 75.4 Å². The van der Waals surface area contributed by atoms with Gasteiger partial charge in [0.2, 0.25) is 11.8 Å². The highest BCUT2D eigenvalue weighted by Gasteiger charge is 2.31. The molecular weight excluding hydrogens is 511 g/mol. The molecule has 2 aromatic carbocycles. The second-order valence-corrected chi connectivity index (χ2v) is 11.0. The van der Waals surface area contributed by atoms with Crippen molar-refractivity contribution in [1.29, 1.82) is 0 Å². The monoisotopic (exact) mass is 540 g/mol. The zero-order chi connectivity index (χ0) is 24.5. The molecule has 1 N–H and O–H groups in total. The van der Waals surface area contributed by atoms with Crippen molar-refractivity contribution < 1.29 is 9.59 Å². The van der Waals surface area contributed by atoms with Gasteiger partial charge in [0.1, 0.15) is 6.04 Å². The molecule has 0 aromatic heterocycles. The lowest BCUT2D eigenvalue weighted by atomic mass is 10.1. The first-order valence-corrected chi connectivity index (χ1v) is 13.9. The zero-order valence-corrected chi connectivity index (χ0v) is 22.5. The average Bonchev–Trinajstić information content (AvgIpc) is 3.32. The number of nitrogens with one attached hydrogen (secondary N) is 1. The van der Waals surface area contributed by atoms with E-state index in [1.54, 1.807) is 34.9 Å². The van der Waals surface area contributed by atoms with Crippen LogP contribution in [0.2, 0.25) is 15.1 Å². The van der Waals surface area contributed by atoms with E-state index in [2.05, 4.69) is 5.32 Å². The Hall–Kier alpha value is -1.40. The number of nitrogens with zero attached hydrogens (tertiary/aromatic N) is 1. The minimum atomic E-state index is -0.565. The maximum atomic E-state index is 13.4. The molecule has 4 nitrogen and oxygen atoms in total. The first-order chi connectivity index (χ1) is 16.4. The lowest BCUT2D eigenvalue weighted by Crippen LogP contribution is -2.51. The quantitative estimate of drug-likeness (QED) is 0.238. The molecule has 1 atom stereocenters. The van der Waals surface area contributed by atoms with Crippen LogP contribution in [0.4, 0.5) is 0 Å². The lowest BCUT2D eigenvalue weighted by molar-refractivity contribution is -0.141. The van der Waals surface area contributed by atoms with E-state index in [1.807, 2.05) is 31.2 Å². The summed E-state index contributed by atoms with van der Waals surface area (Å²) in [7, 11) is 0. The molecule has 0 aliphatic heterocycles. The molecule has 0 heterocycles. The van der Waals surface area contributed by atoms with Crippen LogP contribution >= 0.6 is 46.6 Å². The normalized spacial score (nSPS) is 14.7. The van der Waals surface area contributed by atoms with Gasteiger partial charge in [-0.1, -0.05) is 60.6 Å². The minimum Gasteiger partial charge on any atom is -0.352 e. The number of carbonyl (C=O) groups excluding carboxylic acids is 2. The highest BCUT2D eigenvalue weighted by molar-refractivity contribution is 7.99. The summed E-state index contributed by atoms with van der Waals surface area (Å²) >= 11 is 20.5. The lowest BCUT2D eigenvalue weighted by Gasteiger charge is -2.32. The Morgan fingerprint density at radius 1 is 1.06 bits per heavy atom. The summed E-state index contributed by atoms with van der Waals surface area (Å²) in [6.07, 6.45) is 5.81. The van der Waals surface area contributed by atoms with Gasteiger partial charge in [-0.05, 0) is 67.8 Å². The van der Waals surface area contributed by atoms with Gasteiger partial charge < -0.3 is 10.2 Å². The Morgan fingerprint density at radius 2 is 1.71 bits per heavy atom. The minimum absolute atomic E-state index is 0.0684. The van der Waals surface area contributed by atoms with Crippen LogP contribution in [-0.2, 0) is 16.1 Å². The third-order valence-electron chi connectivity index (χ3n) is 6.09. The summed E-state index contributed by atoms with van der Waals surface area (Å²) < 4.78 is 0. The Morgan fingerprint density at radius 3 is 2.32 bits per heavy atom. The summed E-state index contributed by atoms with van der Waals surface area (Å²) in [5, 5.41) is 4.85. The zero-order valence-electron chi connectivity index (χ0n) is 19.4. The van der Waals surface area contributed by atoms with Crippen LogP contribution in [0.3, 0.4) is 0 Å². The molecule has 1 saturated carbocycles. The molecule has 0 saturated heterocycles. The molecule has 1 unspecified atom stereocenters. The fourth-order valence-corrected chi connectivity index (χ4v) is 5.72. The molecule has 0 bridgehead atoms. The molecule has 0 spiro atoms. The van der Waals surface area contributed by atoms with E-state index in [4.69, 9.17) is 34.8 Å². The van der Waals surface area contributed by atoms with Gasteiger partial charge in [-0.2, -0.15) is 0 Å². The summed E-state index contributed by atoms with van der Waals surface area (Å²) in [5.41, 5.74) is 0.668. The maximum Gasteiger partial charge on any atom is 0.243 e. The number of carbonyl (C=O) groups is 2. The van der Waals surface area contributed by atoms with Crippen molar-refractivity contribution in [2.24, 2.45) is 0 Å². The first-order valence-electron chi connectivity index (χ1n) is 11.8. The number of rotatable bonds is 11. The Kier molecular flexibility index (Phi) is 10.9. The highest BCUT2D eigenvalue weighted by Crippen LogP contribution is 2.28. The molecule has 2 amide bonds. The van der Waals surface area contributed by atoms with Crippen LogP contribution in [0.1, 0.15) is 57.4 Å². The van der Waals surface area contributed by atoms with Gasteiger partial charge in [-0.3, -0.25) is 9.59 Å². The largest absolute Gasteiger partial charge is 0.352 e. The molecule has 2 aromatic rings. The third-order valence-corrected chi connectivity index (χ3v) is 8.15. The summed E-state index contributed by atoms with van der Waals surface area (Å²) in [6.45, 7) is 2.14. The summed E-state index contributed by atoms with van der Waals surface area (Å²) in [4.78, 5) is 29.4. The van der Waals surface area contributed by atoms with Crippen LogP contribution < -0.4 is 5.32 Å². The van der Waals surface area contributed by atoms with Crippen molar-refractivity contribution in [3.05, 3.63) is 63.1 Å². The van der Waals surface area contributed by atoms with Gasteiger partial charge in [-0.15, -0.1) is 11.8 Å². The van der Waals surface area contributed by atoms with Crippen LogP contribution in [0, 0.1) is 0 Å². The highest BCUT2D eigenvalue weighted by atomic mass is 35.5. The smallest absolute Gasteiger partial charge is 0.243 e. The van der Waals surface area contributed by atoms with E-state index < -0.39 is 6.04 Å². The maximum absolute atomic E-state index is 13.4. The molecule has 0 radical (unpaired) electrons. The van der Waals surface area contributed by atoms with Gasteiger partial charge in [0.15, 0.2) is 0 Å². The molecule has 1 aliphatic carbocycles. The van der Waals surface area contributed by atoms with Gasteiger partial charge in [-0.25, -0.2) is 0 Å². The second-order valence-electron chi connectivity index (χ2n) is 8.54. The van der Waals surface area contributed by atoms with Crippen molar-refractivity contribution in [2.75, 3.05) is 5.75 Å². The molecule has 1 aliphatic rings. The molecule has 34 heavy (non-hydrogen) atoms. The van der Waals surface area contributed by atoms with E-state index in [1.165, 1.54) is 0 Å². The van der Waals surface area contributed by atoms with Crippen LogP contribution in [0.5, 0.6) is 0 Å². The van der Waals surface area contributed by atoms with E-state index in [0.717, 1.165) is 36.3 Å². The van der Waals surface area contributed by atoms with Gasteiger partial charge in [0.05, 0.1) is 0 Å². The number of amides is 2. The van der Waals surface area contributed by atoms with Crippen molar-refractivity contribution >= 4 is 58.4 Å². The summed E-state index contributed by atoms with van der Waals surface area (Å²) in [6, 6.07) is 12.6. The fourth-order valence-electron chi connectivity index (χ4n) is 4.23. The van der Waals surface area contributed by atoms with E-state index in [9.17, 15) is 9.59 Å². The van der Waals surface area contributed by atoms with E-state index in [-0.39, 0.29) is 24.4 Å². The second kappa shape index (κ2) is 13.6. The molecule has 3 rings (SSSR count). The Balaban J connectivity index is 1.69. The fraction of sp³-hybridized carbons (Fsp3) is 0.462. The van der Waals surface area contributed by atoms with Gasteiger partial charge >= 0.3 is 0 Å². The molecule has 184 valence electrons. The van der Waals surface area contributed by atoms with Crippen molar-refractivity contribution in [3.8, 4) is 0 Å². The van der Waals surface area contributed by atoms with Crippen LogP contribution in [0.15, 0.2) is 47.4 Å². The Labute approximate surface area is 221 Å². The Bertz CT molecular complexity index is 945. The van der Waals surface area contributed by atoms with E-state index in [0.29, 0.717) is 39.9 Å². The van der Waals surface area contributed by atoms with Crippen molar-refractivity contribution in [1.82, 2.24) is 10.2 Å². The van der Waals surface area contributed by atoms with E-state index >= 15 is 0 Å². The average molecular weight is 542 g/mol. The summed E-state index contributed by atoms with van der Waals surface area (Å²) in [5.74, 6) is 0.627. The number of halogens is 3. The predicted octanol–water partition coefficient (Wildman–Crippen LogP) is 7.39. The third kappa shape index (κ3) is 7.81. The number of thioether (sulfide) groups is 1. The topological polar surface area (TPSA) is 49.4 Å². The van der Waals surface area contributed by atoms with Crippen LogP contribution in [-0.4, -0.2) is 34.6 Å². The predicted molar refractivity (Wildman–Crippen MR) is 143 cm³/mol.